The van der Waals surface area contributed by atoms with Gasteiger partial charge in [0.05, 0.1) is 0 Å². The monoisotopic (exact) mass is 309 g/mol. The number of likely N-dealkylation sites (N-methyl/N-ethyl adjacent to an activating group) is 1. The Hall–Kier alpha value is -0.160. The summed E-state index contributed by atoms with van der Waals surface area (Å²) in [6.45, 7) is 0. The number of rotatable bonds is 4. The summed E-state index contributed by atoms with van der Waals surface area (Å²) in [4.78, 5) is 0. The average molecular weight is 310 g/mol. The van der Waals surface area contributed by atoms with Crippen LogP contribution in [-0.4, -0.2) is 35.6 Å². The molecule has 1 N–H and O–H groups in total. The molecule has 2 heterocycles. The molecule has 1 aromatic carbocycles. The number of thiophene rings is 1. The van der Waals surface area contributed by atoms with Gasteiger partial charge in [0.2, 0.25) is 0 Å². The Morgan fingerprint density at radius 1 is 1.32 bits per heavy atom. The van der Waals surface area contributed by atoms with Crippen LogP contribution in [0.25, 0.3) is 10.1 Å². The van der Waals surface area contributed by atoms with E-state index in [-0.39, 0.29) is 0 Å². The molecule has 2 atom stereocenters. The van der Waals surface area contributed by atoms with Crippen LogP contribution in [0.4, 0.5) is 0 Å². The van der Waals surface area contributed by atoms with Gasteiger partial charge in [0.15, 0.2) is 0 Å². The van der Waals surface area contributed by atoms with Crippen molar-refractivity contribution in [1.29, 1.82) is 0 Å². The van der Waals surface area contributed by atoms with Gasteiger partial charge in [-0.25, -0.2) is 0 Å². The number of hydrogen-bond acceptors (Lipinski definition) is 4. The smallest absolute Gasteiger partial charge is 0.0345 e. The van der Waals surface area contributed by atoms with Crippen molar-refractivity contribution in [3.8, 4) is 0 Å². The molecule has 1 fully saturated rings. The molecular formula is C15H19NS3. The van der Waals surface area contributed by atoms with Crippen LogP contribution in [0.5, 0.6) is 0 Å². The molecule has 1 aliphatic heterocycles. The summed E-state index contributed by atoms with van der Waals surface area (Å²) >= 11 is 6.12. The van der Waals surface area contributed by atoms with Crippen molar-refractivity contribution < 1.29 is 0 Å². The van der Waals surface area contributed by atoms with Crippen LogP contribution < -0.4 is 5.32 Å². The quantitative estimate of drug-likeness (QED) is 0.920. The maximum absolute atomic E-state index is 3.55. The van der Waals surface area contributed by atoms with E-state index in [0.29, 0.717) is 6.04 Å². The summed E-state index contributed by atoms with van der Waals surface area (Å²) in [6, 6.07) is 9.36. The summed E-state index contributed by atoms with van der Waals surface area (Å²) in [5.41, 5.74) is 1.51. The summed E-state index contributed by atoms with van der Waals surface area (Å²) in [6.07, 6.45) is 1.15. The van der Waals surface area contributed by atoms with Crippen molar-refractivity contribution >= 4 is 44.9 Å². The SMILES string of the molecule is CNC(Cc1csc2ccccc12)C1CSCCS1. The van der Waals surface area contributed by atoms with Gasteiger partial charge >= 0.3 is 0 Å². The topological polar surface area (TPSA) is 12.0 Å². The molecule has 0 bridgehead atoms. The van der Waals surface area contributed by atoms with Crippen LogP contribution in [-0.2, 0) is 6.42 Å². The largest absolute Gasteiger partial charge is 0.316 e. The Kier molecular flexibility index (Phi) is 4.74. The first-order valence-corrected chi connectivity index (χ1v) is 9.78. The molecule has 0 amide bonds. The van der Waals surface area contributed by atoms with Gasteiger partial charge in [0.1, 0.15) is 0 Å². The number of nitrogens with one attached hydrogen (secondary N) is 1. The minimum atomic E-state index is 0.593. The highest BCUT2D eigenvalue weighted by atomic mass is 32.2. The zero-order valence-corrected chi connectivity index (χ0v) is 13.5. The molecule has 1 aliphatic rings. The van der Waals surface area contributed by atoms with Crippen LogP contribution in [0.1, 0.15) is 5.56 Å². The maximum atomic E-state index is 3.55. The van der Waals surface area contributed by atoms with E-state index < -0.39 is 0 Å². The second kappa shape index (κ2) is 6.53. The lowest BCUT2D eigenvalue weighted by atomic mass is 10.0. The molecule has 4 heteroatoms. The van der Waals surface area contributed by atoms with E-state index in [4.69, 9.17) is 0 Å². The third-order valence-corrected chi connectivity index (χ3v) is 7.59. The molecule has 2 unspecified atom stereocenters. The molecule has 3 rings (SSSR count). The van der Waals surface area contributed by atoms with Crippen molar-refractivity contribution in [3.63, 3.8) is 0 Å². The van der Waals surface area contributed by atoms with E-state index in [1.54, 1.807) is 0 Å². The lowest BCUT2D eigenvalue weighted by Crippen LogP contribution is -2.40. The molecule has 1 nitrogen and oxygen atoms in total. The number of fused-ring (bicyclic) bond motifs is 1. The second-order valence-corrected chi connectivity index (χ2v) is 8.25. The fraction of sp³-hybridized carbons (Fsp3) is 0.467. The predicted molar refractivity (Wildman–Crippen MR) is 91.9 cm³/mol. The zero-order chi connectivity index (χ0) is 13.1. The average Bonchev–Trinajstić information content (AvgIpc) is 2.89. The van der Waals surface area contributed by atoms with Crippen molar-refractivity contribution in [2.24, 2.45) is 0 Å². The highest BCUT2D eigenvalue weighted by Gasteiger charge is 2.24. The van der Waals surface area contributed by atoms with Gasteiger partial charge in [-0.05, 0) is 35.9 Å². The first-order valence-electron chi connectivity index (χ1n) is 6.70. The maximum Gasteiger partial charge on any atom is 0.0345 e. The summed E-state index contributed by atoms with van der Waals surface area (Å²) in [5.74, 6) is 3.91. The van der Waals surface area contributed by atoms with Crippen LogP contribution in [0, 0.1) is 0 Å². The molecule has 0 radical (unpaired) electrons. The first kappa shape index (κ1) is 13.8. The summed E-state index contributed by atoms with van der Waals surface area (Å²) < 4.78 is 1.41. The minimum Gasteiger partial charge on any atom is -0.316 e. The third kappa shape index (κ3) is 3.13. The highest BCUT2D eigenvalue weighted by molar-refractivity contribution is 8.06. The van der Waals surface area contributed by atoms with Gasteiger partial charge < -0.3 is 5.32 Å². The van der Waals surface area contributed by atoms with Gasteiger partial charge in [-0.1, -0.05) is 18.2 Å². The Balaban J connectivity index is 1.78. The number of benzene rings is 1. The van der Waals surface area contributed by atoms with Crippen molar-refractivity contribution in [3.05, 3.63) is 35.2 Å². The third-order valence-electron chi connectivity index (χ3n) is 3.66. The zero-order valence-electron chi connectivity index (χ0n) is 11.1. The van der Waals surface area contributed by atoms with Crippen LogP contribution >= 0.6 is 34.9 Å². The summed E-state index contributed by atoms with van der Waals surface area (Å²) in [5, 5.41) is 8.09. The fourth-order valence-electron chi connectivity index (χ4n) is 2.59. The lowest BCUT2D eigenvalue weighted by molar-refractivity contribution is 0.559. The standard InChI is InChI=1S/C15H19NS3/c1-16-13(15-10-17-6-7-18-15)8-11-9-19-14-5-3-2-4-12(11)14/h2-5,9,13,15-16H,6-8,10H2,1H3. The molecule has 1 aromatic heterocycles. The number of hydrogen-bond donors (Lipinski definition) is 1. The number of thioether (sulfide) groups is 2. The first-order chi connectivity index (χ1) is 9.38. The van der Waals surface area contributed by atoms with Crippen molar-refractivity contribution in [1.82, 2.24) is 5.32 Å². The molecule has 102 valence electrons. The van der Waals surface area contributed by atoms with E-state index in [1.807, 2.05) is 11.3 Å². The highest BCUT2D eigenvalue weighted by Crippen LogP contribution is 2.31. The Morgan fingerprint density at radius 2 is 2.21 bits per heavy atom. The van der Waals surface area contributed by atoms with Gasteiger partial charge in [-0.2, -0.15) is 23.5 Å². The van der Waals surface area contributed by atoms with E-state index in [2.05, 4.69) is 65.5 Å². The molecule has 19 heavy (non-hydrogen) atoms. The summed E-state index contributed by atoms with van der Waals surface area (Å²) in [7, 11) is 2.11. The Morgan fingerprint density at radius 3 is 3.00 bits per heavy atom. The molecule has 1 saturated heterocycles. The van der Waals surface area contributed by atoms with Gasteiger partial charge in [0, 0.05) is 33.3 Å². The lowest BCUT2D eigenvalue weighted by Gasteiger charge is -2.29. The Bertz CT molecular complexity index is 531. The van der Waals surface area contributed by atoms with E-state index in [9.17, 15) is 0 Å². The van der Waals surface area contributed by atoms with E-state index in [0.717, 1.165) is 11.7 Å². The molecule has 0 aliphatic carbocycles. The predicted octanol–water partition coefficient (Wildman–Crippen LogP) is 3.88. The molecule has 0 saturated carbocycles. The molecule has 2 aromatic rings. The Labute approximate surface area is 127 Å². The normalized spacial score (nSPS) is 21.6. The molecule has 0 spiro atoms. The van der Waals surface area contributed by atoms with Crippen LogP contribution in [0.3, 0.4) is 0 Å². The fourth-order valence-corrected chi connectivity index (χ4v) is 6.49. The van der Waals surface area contributed by atoms with E-state index >= 15 is 0 Å². The van der Waals surface area contributed by atoms with Gasteiger partial charge in [-0.3, -0.25) is 0 Å². The van der Waals surface area contributed by atoms with Crippen molar-refractivity contribution in [2.45, 2.75) is 17.7 Å². The molecular weight excluding hydrogens is 290 g/mol. The van der Waals surface area contributed by atoms with Crippen LogP contribution in [0.2, 0.25) is 0 Å². The van der Waals surface area contributed by atoms with Crippen LogP contribution in [0.15, 0.2) is 29.6 Å². The van der Waals surface area contributed by atoms with E-state index in [1.165, 1.54) is 32.9 Å². The second-order valence-electron chi connectivity index (χ2n) is 4.84. The van der Waals surface area contributed by atoms with Gasteiger partial charge in [-0.15, -0.1) is 11.3 Å². The van der Waals surface area contributed by atoms with Gasteiger partial charge in [0.25, 0.3) is 0 Å². The van der Waals surface area contributed by atoms with Crippen molar-refractivity contribution in [2.75, 3.05) is 24.3 Å². The minimum absolute atomic E-state index is 0.593.